The van der Waals surface area contributed by atoms with Crippen LogP contribution in [0.15, 0.2) is 33.5 Å². The Balaban J connectivity index is 2.41. The van der Waals surface area contributed by atoms with Gasteiger partial charge < -0.3 is 9.52 Å². The zero-order chi connectivity index (χ0) is 14.0. The van der Waals surface area contributed by atoms with Crippen LogP contribution in [0, 0.1) is 5.92 Å². The lowest BCUT2D eigenvalue weighted by Crippen LogP contribution is -2.34. The van der Waals surface area contributed by atoms with Gasteiger partial charge in [-0.2, -0.15) is 0 Å². The van der Waals surface area contributed by atoms with E-state index >= 15 is 0 Å². The zero-order valence-corrected chi connectivity index (χ0v) is 11.1. The van der Waals surface area contributed by atoms with Gasteiger partial charge >= 0.3 is 5.76 Å². The van der Waals surface area contributed by atoms with Crippen LogP contribution in [0.3, 0.4) is 0 Å². The lowest BCUT2D eigenvalue weighted by molar-refractivity contribution is 0.0622. The number of hydrogen-bond acceptors (Lipinski definition) is 4. The number of aliphatic hydroxyl groups excluding tert-OH is 1. The van der Waals surface area contributed by atoms with Crippen molar-refractivity contribution in [3.63, 3.8) is 0 Å². The van der Waals surface area contributed by atoms with Crippen LogP contribution in [-0.2, 0) is 0 Å². The van der Waals surface area contributed by atoms with Crippen molar-refractivity contribution in [2.75, 3.05) is 5.88 Å². The van der Waals surface area contributed by atoms with E-state index in [1.54, 1.807) is 31.2 Å². The summed E-state index contributed by atoms with van der Waals surface area (Å²) < 4.78 is 5.94. The number of para-hydroxylation sites is 2. The number of nitrogens with zero attached hydrogens (tertiary/aromatic N) is 1. The van der Waals surface area contributed by atoms with Gasteiger partial charge in [0.2, 0.25) is 5.91 Å². The van der Waals surface area contributed by atoms with E-state index in [0.717, 1.165) is 4.57 Å². The van der Waals surface area contributed by atoms with Crippen LogP contribution in [0.5, 0.6) is 0 Å². The second-order valence-electron chi connectivity index (χ2n) is 4.34. The molecular weight excluding hydrogens is 270 g/mol. The standard InChI is InChI=1S/C13H14ClNO4/c1-8(10(16)6-7-14)12(17)15-9-4-2-3-5-11(9)19-13(15)18/h2-5,8,10,16H,6-7H2,1H3/t8-,10-/m1/s1. The highest BCUT2D eigenvalue weighted by Gasteiger charge is 2.26. The number of alkyl halides is 1. The molecule has 1 heterocycles. The van der Waals surface area contributed by atoms with Crippen molar-refractivity contribution in [2.24, 2.45) is 5.92 Å². The highest BCUT2D eigenvalue weighted by atomic mass is 35.5. The van der Waals surface area contributed by atoms with Gasteiger partial charge in [-0.3, -0.25) is 4.79 Å². The number of benzene rings is 1. The normalized spacial score (nSPS) is 14.5. The molecule has 1 aromatic carbocycles. The van der Waals surface area contributed by atoms with Gasteiger partial charge in [0.25, 0.3) is 0 Å². The fourth-order valence-corrected chi connectivity index (χ4v) is 2.13. The molecule has 5 nitrogen and oxygen atoms in total. The molecule has 102 valence electrons. The maximum atomic E-state index is 12.3. The van der Waals surface area contributed by atoms with Gasteiger partial charge in [0.05, 0.1) is 17.5 Å². The lowest BCUT2D eigenvalue weighted by atomic mass is 10.0. The van der Waals surface area contributed by atoms with E-state index in [2.05, 4.69) is 0 Å². The van der Waals surface area contributed by atoms with Crippen LogP contribution in [0.25, 0.3) is 11.1 Å². The number of carbonyl (C=O) groups excluding carboxylic acids is 1. The SMILES string of the molecule is C[C@@H](C(=O)n1c(=O)oc2ccccc21)[C@H](O)CCCl. The second kappa shape index (κ2) is 5.59. The summed E-state index contributed by atoms with van der Waals surface area (Å²) in [7, 11) is 0. The zero-order valence-electron chi connectivity index (χ0n) is 10.4. The summed E-state index contributed by atoms with van der Waals surface area (Å²) in [5.41, 5.74) is 0.752. The monoisotopic (exact) mass is 283 g/mol. The molecule has 2 rings (SSSR count). The van der Waals surface area contributed by atoms with Gasteiger partial charge in [0.15, 0.2) is 5.58 Å². The van der Waals surface area contributed by atoms with E-state index in [9.17, 15) is 14.7 Å². The third-order valence-electron chi connectivity index (χ3n) is 3.08. The second-order valence-corrected chi connectivity index (χ2v) is 4.72. The van der Waals surface area contributed by atoms with Crippen molar-refractivity contribution in [1.29, 1.82) is 0 Å². The number of carbonyl (C=O) groups is 1. The van der Waals surface area contributed by atoms with Crippen molar-refractivity contribution < 1.29 is 14.3 Å². The van der Waals surface area contributed by atoms with Crippen LogP contribution < -0.4 is 5.76 Å². The molecule has 0 aliphatic carbocycles. The summed E-state index contributed by atoms with van der Waals surface area (Å²) in [6.07, 6.45) is -0.593. The molecule has 0 unspecified atom stereocenters. The molecule has 6 heteroatoms. The first-order chi connectivity index (χ1) is 9.06. The van der Waals surface area contributed by atoms with E-state index in [1.165, 1.54) is 0 Å². The molecule has 0 saturated carbocycles. The van der Waals surface area contributed by atoms with Gasteiger partial charge in [-0.1, -0.05) is 19.1 Å². The quantitative estimate of drug-likeness (QED) is 0.869. The van der Waals surface area contributed by atoms with Crippen LogP contribution in [0.4, 0.5) is 0 Å². The van der Waals surface area contributed by atoms with E-state index in [-0.39, 0.29) is 5.88 Å². The Kier molecular flexibility index (Phi) is 4.07. The first-order valence-corrected chi connectivity index (χ1v) is 6.48. The number of rotatable bonds is 4. The maximum Gasteiger partial charge on any atom is 0.426 e. The smallest absolute Gasteiger partial charge is 0.407 e. The Morgan fingerprint density at radius 2 is 2.16 bits per heavy atom. The van der Waals surface area contributed by atoms with Gasteiger partial charge in [0, 0.05) is 5.88 Å². The molecule has 0 aliphatic heterocycles. The van der Waals surface area contributed by atoms with Gasteiger partial charge in [0.1, 0.15) is 0 Å². The molecule has 0 radical (unpaired) electrons. The fourth-order valence-electron chi connectivity index (χ4n) is 1.90. The average Bonchev–Trinajstić information content (AvgIpc) is 2.73. The van der Waals surface area contributed by atoms with Gasteiger partial charge in [-0.15, -0.1) is 11.6 Å². The molecule has 1 N–H and O–H groups in total. The molecule has 0 amide bonds. The minimum Gasteiger partial charge on any atom is -0.407 e. The Hall–Kier alpha value is -1.59. The largest absolute Gasteiger partial charge is 0.426 e. The Morgan fingerprint density at radius 1 is 1.47 bits per heavy atom. The van der Waals surface area contributed by atoms with Crippen LogP contribution >= 0.6 is 11.6 Å². The molecule has 2 aromatic rings. The number of fused-ring (bicyclic) bond motifs is 1. The molecule has 0 bridgehead atoms. The molecule has 0 aliphatic rings. The van der Waals surface area contributed by atoms with Crippen molar-refractivity contribution >= 4 is 28.6 Å². The van der Waals surface area contributed by atoms with E-state index in [0.29, 0.717) is 17.5 Å². The first-order valence-electron chi connectivity index (χ1n) is 5.95. The third kappa shape index (κ3) is 2.57. The van der Waals surface area contributed by atoms with Crippen molar-refractivity contribution in [2.45, 2.75) is 19.4 Å². The summed E-state index contributed by atoms with van der Waals surface area (Å²) in [5.74, 6) is -1.71. The van der Waals surface area contributed by atoms with Gasteiger partial charge in [-0.25, -0.2) is 9.36 Å². The predicted octanol–water partition coefficient (Wildman–Crippen LogP) is 1.86. The fraction of sp³-hybridized carbons (Fsp3) is 0.385. The third-order valence-corrected chi connectivity index (χ3v) is 3.30. The molecule has 1 aromatic heterocycles. The van der Waals surface area contributed by atoms with Crippen molar-refractivity contribution in [3.05, 3.63) is 34.8 Å². The highest BCUT2D eigenvalue weighted by Crippen LogP contribution is 2.16. The highest BCUT2D eigenvalue weighted by molar-refractivity contribution is 6.17. The minimum atomic E-state index is -0.884. The number of aromatic nitrogens is 1. The van der Waals surface area contributed by atoms with Crippen LogP contribution in [0.2, 0.25) is 0 Å². The number of aliphatic hydroxyl groups is 1. The summed E-state index contributed by atoms with van der Waals surface area (Å²) in [6.45, 7) is 1.56. The summed E-state index contributed by atoms with van der Waals surface area (Å²) >= 11 is 5.54. The number of hydrogen-bond donors (Lipinski definition) is 1. The molecular formula is C13H14ClNO4. The van der Waals surface area contributed by atoms with Crippen LogP contribution in [0.1, 0.15) is 18.1 Å². The van der Waals surface area contributed by atoms with E-state index in [4.69, 9.17) is 16.0 Å². The lowest BCUT2D eigenvalue weighted by Gasteiger charge is -2.16. The van der Waals surface area contributed by atoms with Crippen LogP contribution in [-0.4, -0.2) is 27.6 Å². The molecule has 0 saturated heterocycles. The Bertz CT molecular complexity index is 645. The molecule has 0 fully saturated rings. The predicted molar refractivity (Wildman–Crippen MR) is 71.6 cm³/mol. The first kappa shape index (κ1) is 13.8. The molecule has 0 spiro atoms. The summed E-state index contributed by atoms with van der Waals surface area (Å²) in [5, 5.41) is 9.80. The Labute approximate surface area is 114 Å². The van der Waals surface area contributed by atoms with Gasteiger partial charge in [-0.05, 0) is 18.6 Å². The average molecular weight is 284 g/mol. The summed E-state index contributed by atoms with van der Waals surface area (Å²) in [4.78, 5) is 24.0. The molecule has 2 atom stereocenters. The minimum absolute atomic E-state index is 0.250. The summed E-state index contributed by atoms with van der Waals surface area (Å²) in [6, 6.07) is 6.66. The number of halogens is 1. The van der Waals surface area contributed by atoms with Crippen molar-refractivity contribution in [1.82, 2.24) is 4.57 Å². The Morgan fingerprint density at radius 3 is 2.84 bits per heavy atom. The molecule has 19 heavy (non-hydrogen) atoms. The van der Waals surface area contributed by atoms with Crippen molar-refractivity contribution in [3.8, 4) is 0 Å². The number of oxazole rings is 1. The van der Waals surface area contributed by atoms with E-state index in [1.807, 2.05) is 0 Å². The van der Waals surface area contributed by atoms with E-state index < -0.39 is 23.7 Å². The maximum absolute atomic E-state index is 12.3. The topological polar surface area (TPSA) is 72.4 Å².